The number of fused-ring (bicyclic) bond motifs is 1. The molecule has 2 heterocycles. The third-order valence-corrected chi connectivity index (χ3v) is 4.59. The molecule has 0 bridgehead atoms. The minimum atomic E-state index is -3.58. The first kappa shape index (κ1) is 12.6. The fourth-order valence-corrected chi connectivity index (χ4v) is 3.50. The van der Waals surface area contributed by atoms with E-state index >= 15 is 0 Å². The molecule has 1 aromatic heterocycles. The van der Waals surface area contributed by atoms with Gasteiger partial charge in [0.2, 0.25) is 5.16 Å². The van der Waals surface area contributed by atoms with Crippen LogP contribution in [0.5, 0.6) is 0 Å². The molecular weight excluding hydrogens is 264 g/mol. The zero-order valence-electron chi connectivity index (χ0n) is 10.4. The standard InChI is InChI=1S/C12H16N4O2S/c17-19(18,16-9-4-3-7-13-8-9)12-14-10-5-1-2-6-11(10)15-12/h1-2,5-6,9,13,16H,3-4,7-8H2,(H,14,15)/t9-/m1/s1. The van der Waals surface area contributed by atoms with E-state index in [0.29, 0.717) is 12.1 Å². The molecule has 102 valence electrons. The van der Waals surface area contributed by atoms with E-state index in [9.17, 15) is 8.42 Å². The first-order valence-corrected chi connectivity index (χ1v) is 7.81. The van der Waals surface area contributed by atoms with Gasteiger partial charge in [-0.3, -0.25) is 0 Å². The van der Waals surface area contributed by atoms with Gasteiger partial charge in [-0.15, -0.1) is 0 Å². The van der Waals surface area contributed by atoms with Crippen molar-refractivity contribution in [2.45, 2.75) is 24.0 Å². The van der Waals surface area contributed by atoms with Gasteiger partial charge in [0.25, 0.3) is 10.0 Å². The second kappa shape index (κ2) is 4.92. The fraction of sp³-hybridized carbons (Fsp3) is 0.417. The maximum atomic E-state index is 12.2. The number of piperidine rings is 1. The van der Waals surface area contributed by atoms with Crippen LogP contribution in [0.25, 0.3) is 11.0 Å². The van der Waals surface area contributed by atoms with E-state index in [0.717, 1.165) is 24.9 Å². The van der Waals surface area contributed by atoms with Crippen LogP contribution in [0.4, 0.5) is 0 Å². The van der Waals surface area contributed by atoms with Crippen molar-refractivity contribution in [1.29, 1.82) is 0 Å². The Hall–Kier alpha value is -1.44. The molecule has 6 nitrogen and oxygen atoms in total. The van der Waals surface area contributed by atoms with Gasteiger partial charge in [0.15, 0.2) is 0 Å². The molecule has 1 atom stereocenters. The molecular formula is C12H16N4O2S. The predicted octanol–water partition coefficient (Wildman–Crippen LogP) is 0.593. The van der Waals surface area contributed by atoms with Gasteiger partial charge in [-0.05, 0) is 31.5 Å². The molecule has 1 fully saturated rings. The second-order valence-corrected chi connectivity index (χ2v) is 6.35. The number of aromatic nitrogens is 2. The number of nitrogens with one attached hydrogen (secondary N) is 3. The zero-order valence-corrected chi connectivity index (χ0v) is 11.2. The molecule has 19 heavy (non-hydrogen) atoms. The quantitative estimate of drug-likeness (QED) is 0.768. The molecule has 0 saturated carbocycles. The van der Waals surface area contributed by atoms with E-state index in [2.05, 4.69) is 20.0 Å². The van der Waals surface area contributed by atoms with Crippen molar-refractivity contribution >= 4 is 21.1 Å². The summed E-state index contributed by atoms with van der Waals surface area (Å²) in [6, 6.07) is 7.20. The number of hydrogen-bond acceptors (Lipinski definition) is 4. The monoisotopic (exact) mass is 280 g/mol. The Kier molecular flexibility index (Phi) is 3.26. The lowest BCUT2D eigenvalue weighted by Gasteiger charge is -2.22. The summed E-state index contributed by atoms with van der Waals surface area (Å²) in [5, 5.41) is 3.16. The summed E-state index contributed by atoms with van der Waals surface area (Å²) in [5.74, 6) is 0. The highest BCUT2D eigenvalue weighted by Gasteiger charge is 2.24. The zero-order chi connectivity index (χ0) is 13.3. The molecule has 3 N–H and O–H groups in total. The van der Waals surface area contributed by atoms with E-state index in [-0.39, 0.29) is 11.2 Å². The lowest BCUT2D eigenvalue weighted by Crippen LogP contribution is -2.45. The van der Waals surface area contributed by atoms with E-state index in [4.69, 9.17) is 0 Å². The van der Waals surface area contributed by atoms with Crippen LogP contribution in [0.2, 0.25) is 0 Å². The van der Waals surface area contributed by atoms with E-state index in [1.54, 1.807) is 6.07 Å². The molecule has 3 rings (SSSR count). The SMILES string of the molecule is O=S(=O)(N[C@@H]1CCCNC1)c1nc2ccccc2[nH]1. The van der Waals surface area contributed by atoms with E-state index in [1.807, 2.05) is 18.2 Å². The lowest BCUT2D eigenvalue weighted by atomic mass is 10.1. The van der Waals surface area contributed by atoms with Gasteiger partial charge in [0.1, 0.15) is 0 Å². The molecule has 0 spiro atoms. The average Bonchev–Trinajstić information content (AvgIpc) is 2.84. The van der Waals surface area contributed by atoms with Gasteiger partial charge in [0.05, 0.1) is 11.0 Å². The summed E-state index contributed by atoms with van der Waals surface area (Å²) in [7, 11) is -3.58. The van der Waals surface area contributed by atoms with Crippen LogP contribution < -0.4 is 10.0 Å². The van der Waals surface area contributed by atoms with Gasteiger partial charge < -0.3 is 10.3 Å². The highest BCUT2D eigenvalue weighted by molar-refractivity contribution is 7.89. The molecule has 0 amide bonds. The Bertz CT molecular complexity index is 641. The number of benzene rings is 1. The first-order valence-electron chi connectivity index (χ1n) is 6.33. The molecule has 1 saturated heterocycles. The highest BCUT2D eigenvalue weighted by Crippen LogP contribution is 2.14. The Morgan fingerprint density at radius 2 is 2.16 bits per heavy atom. The lowest BCUT2D eigenvalue weighted by molar-refractivity contribution is 0.427. The van der Waals surface area contributed by atoms with Gasteiger partial charge in [-0.1, -0.05) is 12.1 Å². The number of para-hydroxylation sites is 2. The Labute approximate surface area is 111 Å². The normalized spacial score (nSPS) is 20.7. The first-order chi connectivity index (χ1) is 9.15. The minimum Gasteiger partial charge on any atom is -0.328 e. The smallest absolute Gasteiger partial charge is 0.274 e. The van der Waals surface area contributed by atoms with E-state index < -0.39 is 10.0 Å². The topological polar surface area (TPSA) is 86.9 Å². The number of rotatable bonds is 3. The van der Waals surface area contributed by atoms with Crippen LogP contribution in [0.1, 0.15) is 12.8 Å². The number of hydrogen-bond donors (Lipinski definition) is 3. The van der Waals surface area contributed by atoms with Crippen LogP contribution in [0.15, 0.2) is 29.4 Å². The summed E-state index contributed by atoms with van der Waals surface area (Å²) < 4.78 is 27.2. The third-order valence-electron chi connectivity index (χ3n) is 3.24. The largest absolute Gasteiger partial charge is 0.328 e. The molecule has 0 unspecified atom stereocenters. The third kappa shape index (κ3) is 2.63. The van der Waals surface area contributed by atoms with E-state index in [1.165, 1.54) is 0 Å². The highest BCUT2D eigenvalue weighted by atomic mass is 32.2. The van der Waals surface area contributed by atoms with Crippen molar-refractivity contribution in [1.82, 2.24) is 20.0 Å². The van der Waals surface area contributed by atoms with Gasteiger partial charge in [-0.2, -0.15) is 0 Å². The Balaban J connectivity index is 1.86. The van der Waals surface area contributed by atoms with Gasteiger partial charge >= 0.3 is 0 Å². The van der Waals surface area contributed by atoms with Crippen molar-refractivity contribution in [3.8, 4) is 0 Å². The van der Waals surface area contributed by atoms with Gasteiger partial charge in [0, 0.05) is 12.6 Å². The summed E-state index contributed by atoms with van der Waals surface area (Å²) in [4.78, 5) is 6.97. The van der Waals surface area contributed by atoms with Crippen molar-refractivity contribution < 1.29 is 8.42 Å². The van der Waals surface area contributed by atoms with Crippen LogP contribution in [-0.4, -0.2) is 37.5 Å². The summed E-state index contributed by atoms with van der Waals surface area (Å²) >= 11 is 0. The molecule has 1 aromatic carbocycles. The summed E-state index contributed by atoms with van der Waals surface area (Å²) in [6.07, 6.45) is 1.83. The molecule has 1 aliphatic rings. The van der Waals surface area contributed by atoms with Crippen LogP contribution in [0.3, 0.4) is 0 Å². The van der Waals surface area contributed by atoms with Crippen molar-refractivity contribution in [3.63, 3.8) is 0 Å². The molecule has 7 heteroatoms. The Morgan fingerprint density at radius 1 is 1.32 bits per heavy atom. The van der Waals surface area contributed by atoms with Crippen molar-refractivity contribution in [2.24, 2.45) is 0 Å². The summed E-state index contributed by atoms with van der Waals surface area (Å²) in [6.45, 7) is 1.61. The summed E-state index contributed by atoms with van der Waals surface area (Å²) in [5.41, 5.74) is 1.38. The van der Waals surface area contributed by atoms with Crippen LogP contribution >= 0.6 is 0 Å². The number of aromatic amines is 1. The van der Waals surface area contributed by atoms with Crippen LogP contribution in [0, 0.1) is 0 Å². The average molecular weight is 280 g/mol. The van der Waals surface area contributed by atoms with Crippen molar-refractivity contribution in [2.75, 3.05) is 13.1 Å². The fourth-order valence-electron chi connectivity index (χ4n) is 2.28. The number of H-pyrrole nitrogens is 1. The number of imidazole rings is 1. The molecule has 2 aromatic rings. The van der Waals surface area contributed by atoms with Crippen molar-refractivity contribution in [3.05, 3.63) is 24.3 Å². The second-order valence-electron chi connectivity index (χ2n) is 4.72. The predicted molar refractivity (Wildman–Crippen MR) is 72.3 cm³/mol. The minimum absolute atomic E-state index is 0.0146. The molecule has 0 aliphatic carbocycles. The number of nitrogens with zero attached hydrogens (tertiary/aromatic N) is 1. The van der Waals surface area contributed by atoms with Gasteiger partial charge in [-0.25, -0.2) is 18.1 Å². The Morgan fingerprint density at radius 3 is 2.89 bits per heavy atom. The van der Waals surface area contributed by atoms with Crippen LogP contribution in [-0.2, 0) is 10.0 Å². The number of sulfonamides is 1. The maximum Gasteiger partial charge on any atom is 0.274 e. The molecule has 1 aliphatic heterocycles. The maximum absolute atomic E-state index is 12.2. The molecule has 0 radical (unpaired) electrons.